The van der Waals surface area contributed by atoms with Crippen LogP contribution in [0.5, 0.6) is 0 Å². The maximum atomic E-state index is 2.30. The van der Waals surface area contributed by atoms with Crippen LogP contribution in [-0.4, -0.2) is 0 Å². The van der Waals surface area contributed by atoms with E-state index in [1.807, 2.05) is 0 Å². The lowest BCUT2D eigenvalue weighted by Crippen LogP contribution is -1.97. The molecule has 0 bridgehead atoms. The molecule has 0 amide bonds. The summed E-state index contributed by atoms with van der Waals surface area (Å²) in [4.78, 5) is 0. The molecule has 0 spiro atoms. The average molecular weight is 148 g/mol. The second kappa shape index (κ2) is 2.51. The van der Waals surface area contributed by atoms with Crippen molar-refractivity contribution in [3.05, 3.63) is 22.3 Å². The third-order valence-corrected chi connectivity index (χ3v) is 3.03. The Balaban J connectivity index is 2.35. The molecule has 0 aromatic heterocycles. The monoisotopic (exact) mass is 148 g/mol. The quantitative estimate of drug-likeness (QED) is 0.492. The summed E-state index contributed by atoms with van der Waals surface area (Å²) < 4.78 is 0. The summed E-state index contributed by atoms with van der Waals surface area (Å²) in [5, 5.41) is 0. The molecule has 0 saturated heterocycles. The van der Waals surface area contributed by atoms with Gasteiger partial charge in [-0.15, -0.1) is 0 Å². The van der Waals surface area contributed by atoms with Gasteiger partial charge >= 0.3 is 0 Å². The molecule has 0 heterocycles. The molecule has 0 nitrogen and oxygen atoms in total. The zero-order valence-electron chi connectivity index (χ0n) is 7.54. The van der Waals surface area contributed by atoms with Crippen molar-refractivity contribution in [2.24, 2.45) is 0 Å². The van der Waals surface area contributed by atoms with Crippen molar-refractivity contribution in [3.63, 3.8) is 0 Å². The standard InChI is InChI=1S/C11H16/c1-8-7-9(2)11-6-4-3-5-10(8)11/h3-7H2,1-2H3. The average Bonchev–Trinajstić information content (AvgIpc) is 2.30. The number of hydrogen-bond acceptors (Lipinski definition) is 0. The second-order valence-electron chi connectivity index (χ2n) is 3.90. The minimum Gasteiger partial charge on any atom is -0.0658 e. The van der Waals surface area contributed by atoms with Crippen molar-refractivity contribution in [3.8, 4) is 0 Å². The van der Waals surface area contributed by atoms with E-state index in [9.17, 15) is 0 Å². The molecule has 2 rings (SSSR count). The SMILES string of the molecule is CC1=C2CCCCC2=C(C)C1. The highest BCUT2D eigenvalue weighted by Crippen LogP contribution is 2.40. The first-order valence-electron chi connectivity index (χ1n) is 4.66. The minimum atomic E-state index is 1.27. The third-order valence-electron chi connectivity index (χ3n) is 3.03. The molecular formula is C11H16. The summed E-state index contributed by atoms with van der Waals surface area (Å²) >= 11 is 0. The lowest BCUT2D eigenvalue weighted by molar-refractivity contribution is 0.677. The zero-order chi connectivity index (χ0) is 7.84. The van der Waals surface area contributed by atoms with Gasteiger partial charge in [0, 0.05) is 0 Å². The van der Waals surface area contributed by atoms with Crippen molar-refractivity contribution in [1.82, 2.24) is 0 Å². The topological polar surface area (TPSA) is 0 Å². The number of allylic oxidation sites excluding steroid dienone is 4. The fraction of sp³-hybridized carbons (Fsp3) is 0.636. The minimum absolute atomic E-state index is 1.27. The van der Waals surface area contributed by atoms with E-state index < -0.39 is 0 Å². The van der Waals surface area contributed by atoms with E-state index in [4.69, 9.17) is 0 Å². The van der Waals surface area contributed by atoms with E-state index in [1.54, 1.807) is 22.3 Å². The van der Waals surface area contributed by atoms with Crippen molar-refractivity contribution < 1.29 is 0 Å². The Labute approximate surface area is 69.0 Å². The molecule has 0 heteroatoms. The molecule has 0 radical (unpaired) electrons. The van der Waals surface area contributed by atoms with Crippen LogP contribution in [0.3, 0.4) is 0 Å². The Morgan fingerprint density at radius 3 is 1.73 bits per heavy atom. The first-order valence-corrected chi connectivity index (χ1v) is 4.66. The highest BCUT2D eigenvalue weighted by molar-refractivity contribution is 5.46. The van der Waals surface area contributed by atoms with Gasteiger partial charge in [-0.3, -0.25) is 0 Å². The van der Waals surface area contributed by atoms with E-state index >= 15 is 0 Å². The molecule has 11 heavy (non-hydrogen) atoms. The summed E-state index contributed by atoms with van der Waals surface area (Å²) in [6.07, 6.45) is 6.83. The molecule has 0 atom stereocenters. The van der Waals surface area contributed by atoms with Gasteiger partial charge in [-0.25, -0.2) is 0 Å². The molecule has 0 aromatic rings. The van der Waals surface area contributed by atoms with Crippen LogP contribution in [0.4, 0.5) is 0 Å². The van der Waals surface area contributed by atoms with Gasteiger partial charge in [0.15, 0.2) is 0 Å². The van der Waals surface area contributed by atoms with Gasteiger partial charge in [-0.05, 0) is 57.1 Å². The van der Waals surface area contributed by atoms with Crippen LogP contribution in [0.25, 0.3) is 0 Å². The van der Waals surface area contributed by atoms with Crippen molar-refractivity contribution in [1.29, 1.82) is 0 Å². The van der Waals surface area contributed by atoms with Crippen molar-refractivity contribution >= 4 is 0 Å². The van der Waals surface area contributed by atoms with Gasteiger partial charge in [0.2, 0.25) is 0 Å². The molecule has 1 fully saturated rings. The van der Waals surface area contributed by atoms with Crippen LogP contribution in [0.1, 0.15) is 46.0 Å². The molecule has 0 aliphatic heterocycles. The number of fused-ring (bicyclic) bond motifs is 1. The van der Waals surface area contributed by atoms with Crippen LogP contribution in [0.2, 0.25) is 0 Å². The molecule has 0 N–H and O–H groups in total. The molecular weight excluding hydrogens is 132 g/mol. The first-order chi connectivity index (χ1) is 5.29. The molecule has 2 aliphatic carbocycles. The van der Waals surface area contributed by atoms with E-state index in [-0.39, 0.29) is 0 Å². The predicted molar refractivity (Wildman–Crippen MR) is 48.5 cm³/mol. The van der Waals surface area contributed by atoms with Gasteiger partial charge in [0.05, 0.1) is 0 Å². The summed E-state index contributed by atoms with van der Waals surface area (Å²) in [5.41, 5.74) is 6.73. The Kier molecular flexibility index (Phi) is 1.63. The van der Waals surface area contributed by atoms with Crippen LogP contribution >= 0.6 is 0 Å². The maximum absolute atomic E-state index is 2.30. The van der Waals surface area contributed by atoms with Gasteiger partial charge in [-0.1, -0.05) is 11.1 Å². The van der Waals surface area contributed by atoms with E-state index in [0.29, 0.717) is 0 Å². The van der Waals surface area contributed by atoms with Crippen molar-refractivity contribution in [2.75, 3.05) is 0 Å². The number of hydrogen-bond donors (Lipinski definition) is 0. The lowest BCUT2D eigenvalue weighted by Gasteiger charge is -2.16. The summed E-state index contributed by atoms with van der Waals surface area (Å²) in [5.74, 6) is 0. The van der Waals surface area contributed by atoms with Crippen LogP contribution in [0, 0.1) is 0 Å². The molecule has 0 unspecified atom stereocenters. The smallest absolute Gasteiger partial charge is 0.0102 e. The van der Waals surface area contributed by atoms with Crippen LogP contribution < -0.4 is 0 Å². The lowest BCUT2D eigenvalue weighted by atomic mass is 9.89. The van der Waals surface area contributed by atoms with E-state index in [1.165, 1.54) is 32.1 Å². The molecule has 2 aliphatic rings. The Bertz CT molecular complexity index is 215. The normalized spacial score (nSPS) is 24.5. The Morgan fingerprint density at radius 2 is 1.27 bits per heavy atom. The van der Waals surface area contributed by atoms with E-state index in [2.05, 4.69) is 13.8 Å². The predicted octanol–water partition coefficient (Wildman–Crippen LogP) is 3.60. The van der Waals surface area contributed by atoms with Crippen molar-refractivity contribution in [2.45, 2.75) is 46.0 Å². The second-order valence-corrected chi connectivity index (χ2v) is 3.90. The third kappa shape index (κ3) is 1.05. The summed E-state index contributed by atoms with van der Waals surface area (Å²) in [7, 11) is 0. The molecule has 0 aromatic carbocycles. The summed E-state index contributed by atoms with van der Waals surface area (Å²) in [6.45, 7) is 4.61. The molecule has 60 valence electrons. The Hall–Kier alpha value is -0.520. The first kappa shape index (κ1) is 7.15. The van der Waals surface area contributed by atoms with Gasteiger partial charge < -0.3 is 0 Å². The van der Waals surface area contributed by atoms with Gasteiger partial charge in [0.25, 0.3) is 0 Å². The fourth-order valence-electron chi connectivity index (χ4n) is 2.46. The van der Waals surface area contributed by atoms with Gasteiger partial charge in [-0.2, -0.15) is 0 Å². The Morgan fingerprint density at radius 1 is 0.818 bits per heavy atom. The highest BCUT2D eigenvalue weighted by Gasteiger charge is 2.21. The molecule has 1 saturated carbocycles. The van der Waals surface area contributed by atoms with Crippen LogP contribution in [0.15, 0.2) is 22.3 Å². The van der Waals surface area contributed by atoms with E-state index in [0.717, 1.165) is 0 Å². The fourth-order valence-corrected chi connectivity index (χ4v) is 2.46. The van der Waals surface area contributed by atoms with Gasteiger partial charge in [0.1, 0.15) is 0 Å². The largest absolute Gasteiger partial charge is 0.0658 e. The summed E-state index contributed by atoms with van der Waals surface area (Å²) in [6, 6.07) is 0. The number of rotatable bonds is 0. The van der Waals surface area contributed by atoms with Crippen LogP contribution in [-0.2, 0) is 0 Å². The maximum Gasteiger partial charge on any atom is -0.0102 e. The highest BCUT2D eigenvalue weighted by atomic mass is 14.3. The zero-order valence-corrected chi connectivity index (χ0v) is 7.54.